The molecule has 1 aliphatic carbocycles. The van der Waals surface area contributed by atoms with E-state index in [1.165, 1.54) is 43.1 Å². The van der Waals surface area contributed by atoms with E-state index >= 15 is 0 Å². The number of hydrogen-bond acceptors (Lipinski definition) is 5. The Morgan fingerprint density at radius 2 is 1.90 bits per heavy atom. The molecule has 0 spiro atoms. The number of carbonyl (C=O) groups is 2. The molecule has 1 heterocycles. The van der Waals surface area contributed by atoms with Crippen LogP contribution in [0.15, 0.2) is 29.4 Å². The highest BCUT2D eigenvalue weighted by Crippen LogP contribution is 2.35. The first-order valence-electron chi connectivity index (χ1n) is 10.7. The number of amides is 1. The number of esters is 1. The topological polar surface area (TPSA) is 73.2 Å². The van der Waals surface area contributed by atoms with Crippen LogP contribution in [0.3, 0.4) is 0 Å². The molecule has 1 aromatic heterocycles. The highest BCUT2D eigenvalue weighted by molar-refractivity contribution is 7.99. The maximum absolute atomic E-state index is 12.4. The van der Waals surface area contributed by atoms with Gasteiger partial charge in [-0.1, -0.05) is 37.9 Å². The molecule has 1 aliphatic rings. The molecule has 1 aromatic carbocycles. The number of ether oxygens (including phenoxy) is 1. The van der Waals surface area contributed by atoms with Crippen molar-refractivity contribution in [1.29, 1.82) is 0 Å². The van der Waals surface area contributed by atoms with Crippen LogP contribution in [0.5, 0.6) is 0 Å². The van der Waals surface area contributed by atoms with E-state index in [2.05, 4.69) is 21.8 Å². The molecule has 6 nitrogen and oxygen atoms in total. The Kier molecular flexibility index (Phi) is 7.96. The fourth-order valence-electron chi connectivity index (χ4n) is 3.70. The lowest BCUT2D eigenvalue weighted by atomic mass is 10.2. The molecule has 1 amide bonds. The van der Waals surface area contributed by atoms with Gasteiger partial charge < -0.3 is 14.6 Å². The minimum absolute atomic E-state index is 0.0884. The van der Waals surface area contributed by atoms with Gasteiger partial charge in [0, 0.05) is 17.4 Å². The highest BCUT2D eigenvalue weighted by atomic mass is 32.2. The van der Waals surface area contributed by atoms with Crippen molar-refractivity contribution in [3.05, 3.63) is 41.2 Å². The Balaban J connectivity index is 1.54. The lowest BCUT2D eigenvalue weighted by molar-refractivity contribution is -0.113. The summed E-state index contributed by atoms with van der Waals surface area (Å²) >= 11 is 1.48. The molecule has 30 heavy (non-hydrogen) atoms. The Labute approximate surface area is 182 Å². The summed E-state index contributed by atoms with van der Waals surface area (Å²) in [6.07, 6.45) is 6.72. The number of nitrogens with one attached hydrogen (secondary N) is 1. The Morgan fingerprint density at radius 3 is 2.57 bits per heavy atom. The average molecular weight is 430 g/mol. The molecule has 3 rings (SSSR count). The Morgan fingerprint density at radius 1 is 1.20 bits per heavy atom. The third kappa shape index (κ3) is 5.65. The largest absolute Gasteiger partial charge is 0.462 e. The van der Waals surface area contributed by atoms with Crippen molar-refractivity contribution < 1.29 is 14.3 Å². The van der Waals surface area contributed by atoms with E-state index in [1.807, 2.05) is 13.8 Å². The number of hydrogen-bond donors (Lipinski definition) is 1. The van der Waals surface area contributed by atoms with Gasteiger partial charge in [-0.25, -0.2) is 9.78 Å². The first-order valence-corrected chi connectivity index (χ1v) is 11.7. The fourth-order valence-corrected chi connectivity index (χ4v) is 4.66. The molecule has 0 saturated heterocycles. The van der Waals surface area contributed by atoms with E-state index < -0.39 is 0 Å². The number of nitrogens with zero attached hydrogens (tertiary/aromatic N) is 2. The fraction of sp³-hybridized carbons (Fsp3) is 0.522. The molecular formula is C23H31N3O3S. The van der Waals surface area contributed by atoms with Gasteiger partial charge >= 0.3 is 5.97 Å². The van der Waals surface area contributed by atoms with Crippen molar-refractivity contribution in [2.45, 2.75) is 70.5 Å². The number of anilines is 1. The van der Waals surface area contributed by atoms with E-state index in [-0.39, 0.29) is 11.9 Å². The monoisotopic (exact) mass is 429 g/mol. The molecule has 0 radical (unpaired) electrons. The Hall–Kier alpha value is -2.28. The molecule has 2 aromatic rings. The second-order valence-corrected chi connectivity index (χ2v) is 8.72. The van der Waals surface area contributed by atoms with Gasteiger partial charge in [0.25, 0.3) is 0 Å². The molecule has 7 heteroatoms. The van der Waals surface area contributed by atoms with Crippen LogP contribution in [0.4, 0.5) is 5.69 Å². The molecule has 0 unspecified atom stereocenters. The van der Waals surface area contributed by atoms with E-state index in [4.69, 9.17) is 4.74 Å². The smallest absolute Gasteiger partial charge is 0.338 e. The number of unbranched alkanes of at least 4 members (excludes halogenated alkanes) is 1. The molecule has 0 atom stereocenters. The van der Waals surface area contributed by atoms with Gasteiger partial charge in [-0.05, 0) is 57.4 Å². The van der Waals surface area contributed by atoms with Gasteiger partial charge in [0.15, 0.2) is 5.16 Å². The normalized spacial score (nSPS) is 14.1. The summed E-state index contributed by atoms with van der Waals surface area (Å²) in [6.45, 7) is 6.62. The minimum Gasteiger partial charge on any atom is -0.462 e. The van der Waals surface area contributed by atoms with Crippen molar-refractivity contribution in [3.63, 3.8) is 0 Å². The zero-order chi connectivity index (χ0) is 21.5. The van der Waals surface area contributed by atoms with Crippen molar-refractivity contribution >= 4 is 29.3 Å². The van der Waals surface area contributed by atoms with Crippen LogP contribution in [0, 0.1) is 13.8 Å². The van der Waals surface area contributed by atoms with Crippen LogP contribution in [-0.4, -0.2) is 33.8 Å². The number of carbonyl (C=O) groups excluding carboxylic acids is 2. The van der Waals surface area contributed by atoms with Crippen LogP contribution in [-0.2, 0) is 9.53 Å². The van der Waals surface area contributed by atoms with Gasteiger partial charge in [-0.2, -0.15) is 0 Å². The number of rotatable bonds is 9. The SMILES string of the molecule is CCCCOC(=O)c1ccc(NC(=O)CSc2nc(C)c(C)n2C2CCCC2)cc1. The third-order valence-corrected chi connectivity index (χ3v) is 6.46. The zero-order valence-electron chi connectivity index (χ0n) is 18.1. The van der Waals surface area contributed by atoms with Crippen LogP contribution >= 0.6 is 11.8 Å². The quantitative estimate of drug-likeness (QED) is 0.332. The molecular weight excluding hydrogens is 398 g/mol. The van der Waals surface area contributed by atoms with Crippen molar-refractivity contribution in [2.24, 2.45) is 0 Å². The maximum atomic E-state index is 12.4. The number of aromatic nitrogens is 2. The Bertz CT molecular complexity index is 871. The average Bonchev–Trinajstić information content (AvgIpc) is 3.35. The van der Waals surface area contributed by atoms with Gasteiger partial charge in [-0.3, -0.25) is 4.79 Å². The molecule has 162 valence electrons. The van der Waals surface area contributed by atoms with E-state index in [0.717, 1.165) is 23.7 Å². The van der Waals surface area contributed by atoms with Crippen LogP contribution in [0.2, 0.25) is 0 Å². The summed E-state index contributed by atoms with van der Waals surface area (Å²) < 4.78 is 7.52. The molecule has 1 fully saturated rings. The molecule has 0 bridgehead atoms. The van der Waals surface area contributed by atoms with E-state index in [0.29, 0.717) is 29.7 Å². The first-order chi connectivity index (χ1) is 14.5. The minimum atomic E-state index is -0.332. The van der Waals surface area contributed by atoms with E-state index in [1.54, 1.807) is 24.3 Å². The number of thioether (sulfide) groups is 1. The number of imidazole rings is 1. The predicted octanol–water partition coefficient (Wildman–Crippen LogP) is 5.30. The summed E-state index contributed by atoms with van der Waals surface area (Å²) in [6, 6.07) is 7.31. The molecule has 1 N–H and O–H groups in total. The van der Waals surface area contributed by atoms with Gasteiger partial charge in [0.2, 0.25) is 5.91 Å². The maximum Gasteiger partial charge on any atom is 0.338 e. The summed E-state index contributed by atoms with van der Waals surface area (Å²) in [7, 11) is 0. The van der Waals surface area contributed by atoms with E-state index in [9.17, 15) is 9.59 Å². The van der Waals surface area contributed by atoms with Crippen molar-refractivity contribution in [2.75, 3.05) is 17.7 Å². The summed E-state index contributed by atoms with van der Waals surface area (Å²) in [5.41, 5.74) is 3.39. The number of benzene rings is 1. The zero-order valence-corrected chi connectivity index (χ0v) is 18.9. The van der Waals surface area contributed by atoms with Gasteiger partial charge in [0.1, 0.15) is 0 Å². The predicted molar refractivity (Wildman–Crippen MR) is 120 cm³/mol. The highest BCUT2D eigenvalue weighted by Gasteiger charge is 2.23. The molecule has 1 saturated carbocycles. The first kappa shape index (κ1) is 22.4. The third-order valence-electron chi connectivity index (χ3n) is 5.51. The van der Waals surface area contributed by atoms with Crippen LogP contribution in [0.1, 0.15) is 73.2 Å². The second kappa shape index (κ2) is 10.7. The van der Waals surface area contributed by atoms with Crippen molar-refractivity contribution in [1.82, 2.24) is 9.55 Å². The number of aryl methyl sites for hydroxylation is 1. The second-order valence-electron chi connectivity index (χ2n) is 7.78. The van der Waals surface area contributed by atoms with Crippen LogP contribution in [0.25, 0.3) is 0 Å². The summed E-state index contributed by atoms with van der Waals surface area (Å²) in [5, 5.41) is 3.82. The van der Waals surface area contributed by atoms with Crippen molar-refractivity contribution in [3.8, 4) is 0 Å². The standard InChI is InChI=1S/C23H31N3O3S/c1-4-5-14-29-22(28)18-10-12-19(13-11-18)25-21(27)15-30-23-24-16(2)17(3)26(23)20-8-6-7-9-20/h10-13,20H,4-9,14-15H2,1-3H3,(H,25,27). The molecule has 0 aliphatic heterocycles. The lowest BCUT2D eigenvalue weighted by Gasteiger charge is -2.16. The summed E-state index contributed by atoms with van der Waals surface area (Å²) in [5.74, 6) is -0.125. The van der Waals surface area contributed by atoms with Crippen LogP contribution < -0.4 is 5.32 Å². The van der Waals surface area contributed by atoms with Gasteiger partial charge in [-0.15, -0.1) is 0 Å². The summed E-state index contributed by atoms with van der Waals surface area (Å²) in [4.78, 5) is 29.1. The van der Waals surface area contributed by atoms with Gasteiger partial charge in [0.05, 0.1) is 23.6 Å². The lowest BCUT2D eigenvalue weighted by Crippen LogP contribution is -2.15.